The lowest BCUT2D eigenvalue weighted by Gasteiger charge is -2.23. The van der Waals surface area contributed by atoms with Gasteiger partial charge in [0.1, 0.15) is 17.3 Å². The van der Waals surface area contributed by atoms with Crippen LogP contribution in [0, 0.1) is 0 Å². The average molecular weight is 580 g/mol. The summed E-state index contributed by atoms with van der Waals surface area (Å²) in [6.07, 6.45) is 1.53. The number of carbonyl (C=O) groups excluding carboxylic acids is 3. The van der Waals surface area contributed by atoms with Crippen LogP contribution in [0.5, 0.6) is 0 Å². The maximum Gasteiger partial charge on any atom is 0.410 e. The van der Waals surface area contributed by atoms with Crippen molar-refractivity contribution in [2.24, 2.45) is 5.16 Å². The molecule has 2 aliphatic rings. The SMILES string of the molecule is O=C(N[C@@H]1C[C@@H](C(=O)NCC2CC(Br)=NO2)N(C(=O)OCc2cnc3ccccc3c2)C1)c1ccccc1. The summed E-state index contributed by atoms with van der Waals surface area (Å²) in [4.78, 5) is 50.0. The molecule has 196 valence electrons. The summed E-state index contributed by atoms with van der Waals surface area (Å²) in [5.41, 5.74) is 2.08. The highest BCUT2D eigenvalue weighted by Gasteiger charge is 2.41. The first-order valence-electron chi connectivity index (χ1n) is 12.2. The van der Waals surface area contributed by atoms with Gasteiger partial charge < -0.3 is 20.2 Å². The van der Waals surface area contributed by atoms with Crippen molar-refractivity contribution in [2.75, 3.05) is 13.1 Å². The van der Waals surface area contributed by atoms with Gasteiger partial charge in [-0.3, -0.25) is 19.5 Å². The number of nitrogens with one attached hydrogen (secondary N) is 2. The smallest absolute Gasteiger partial charge is 0.410 e. The van der Waals surface area contributed by atoms with Gasteiger partial charge in [-0.1, -0.05) is 41.6 Å². The minimum Gasteiger partial charge on any atom is -0.444 e. The number of amides is 3. The topological polar surface area (TPSA) is 122 Å². The normalized spacial score (nSPS) is 20.5. The Hall–Kier alpha value is -3.99. The molecule has 2 aromatic carbocycles. The molecule has 0 aliphatic carbocycles. The quantitative estimate of drug-likeness (QED) is 0.442. The second-order valence-corrected chi connectivity index (χ2v) is 10.1. The van der Waals surface area contributed by atoms with Gasteiger partial charge in [0.05, 0.1) is 12.1 Å². The number of halogens is 1. The van der Waals surface area contributed by atoms with Crippen molar-refractivity contribution in [1.29, 1.82) is 0 Å². The molecule has 5 rings (SSSR count). The number of fused-ring (bicyclic) bond motifs is 1. The second-order valence-electron chi connectivity index (χ2n) is 9.18. The van der Waals surface area contributed by atoms with Crippen molar-refractivity contribution >= 4 is 49.4 Å². The summed E-state index contributed by atoms with van der Waals surface area (Å²) in [6, 6.07) is 17.1. The van der Waals surface area contributed by atoms with Crippen molar-refractivity contribution in [3.63, 3.8) is 0 Å². The lowest BCUT2D eigenvalue weighted by Crippen LogP contribution is -2.47. The van der Waals surface area contributed by atoms with E-state index >= 15 is 0 Å². The second kappa shape index (κ2) is 11.6. The number of nitrogens with zero attached hydrogens (tertiary/aromatic N) is 3. The number of benzene rings is 2. The third-order valence-electron chi connectivity index (χ3n) is 6.42. The summed E-state index contributed by atoms with van der Waals surface area (Å²) < 4.78 is 6.25. The Labute approximate surface area is 227 Å². The van der Waals surface area contributed by atoms with Crippen molar-refractivity contribution in [3.05, 3.63) is 78.0 Å². The van der Waals surface area contributed by atoms with E-state index in [1.165, 1.54) is 4.90 Å². The molecule has 0 radical (unpaired) electrons. The van der Waals surface area contributed by atoms with Gasteiger partial charge in [-0.05, 0) is 46.6 Å². The lowest BCUT2D eigenvalue weighted by molar-refractivity contribution is -0.125. The van der Waals surface area contributed by atoms with Crippen LogP contribution in [0.4, 0.5) is 4.79 Å². The molecule has 2 aliphatic heterocycles. The van der Waals surface area contributed by atoms with E-state index in [2.05, 4.69) is 36.7 Å². The van der Waals surface area contributed by atoms with Crippen LogP contribution >= 0.6 is 15.9 Å². The molecule has 0 spiro atoms. The lowest BCUT2D eigenvalue weighted by atomic mass is 10.1. The van der Waals surface area contributed by atoms with Crippen LogP contribution in [0.2, 0.25) is 0 Å². The highest BCUT2D eigenvalue weighted by molar-refractivity contribution is 9.18. The van der Waals surface area contributed by atoms with Gasteiger partial charge in [0.15, 0.2) is 6.10 Å². The van der Waals surface area contributed by atoms with E-state index in [1.807, 2.05) is 36.4 Å². The van der Waals surface area contributed by atoms with Crippen LogP contribution in [-0.2, 0) is 21.0 Å². The number of hydrogen-bond donors (Lipinski definition) is 2. The Balaban J connectivity index is 1.24. The molecule has 3 atom stereocenters. The van der Waals surface area contributed by atoms with Crippen molar-refractivity contribution in [3.8, 4) is 0 Å². The first kappa shape index (κ1) is 25.7. The van der Waals surface area contributed by atoms with Crippen LogP contribution < -0.4 is 10.6 Å². The van der Waals surface area contributed by atoms with Gasteiger partial charge in [-0.2, -0.15) is 0 Å². The van der Waals surface area contributed by atoms with Gasteiger partial charge in [0.2, 0.25) is 5.91 Å². The highest BCUT2D eigenvalue weighted by Crippen LogP contribution is 2.22. The van der Waals surface area contributed by atoms with Gasteiger partial charge in [0, 0.05) is 41.7 Å². The number of aromatic nitrogens is 1. The molecule has 3 aromatic rings. The monoisotopic (exact) mass is 579 g/mol. The number of carbonyl (C=O) groups is 3. The predicted molar refractivity (Wildman–Crippen MR) is 144 cm³/mol. The molecule has 11 heteroatoms. The van der Waals surface area contributed by atoms with Crippen LogP contribution in [0.15, 0.2) is 72.0 Å². The van der Waals surface area contributed by atoms with Gasteiger partial charge in [0.25, 0.3) is 5.91 Å². The highest BCUT2D eigenvalue weighted by atomic mass is 79.9. The maximum absolute atomic E-state index is 13.1. The molecule has 3 amide bonds. The molecule has 0 saturated carbocycles. The molecular formula is C27H26BrN5O5. The molecule has 10 nitrogen and oxygen atoms in total. The molecule has 1 aromatic heterocycles. The molecular weight excluding hydrogens is 554 g/mol. The molecule has 1 fully saturated rings. The maximum atomic E-state index is 13.1. The number of likely N-dealkylation sites (tertiary alicyclic amines) is 1. The minimum absolute atomic E-state index is 0.00380. The van der Waals surface area contributed by atoms with E-state index in [1.54, 1.807) is 30.5 Å². The summed E-state index contributed by atoms with van der Waals surface area (Å²) in [5.74, 6) is -0.619. The zero-order valence-corrected chi connectivity index (χ0v) is 22.0. The van der Waals surface area contributed by atoms with Gasteiger partial charge in [-0.25, -0.2) is 4.79 Å². The Kier molecular flexibility index (Phi) is 7.83. The minimum atomic E-state index is -0.816. The predicted octanol–water partition coefficient (Wildman–Crippen LogP) is 3.36. The fraction of sp³-hybridized carbons (Fsp3) is 0.296. The first-order chi connectivity index (χ1) is 18.5. The van der Waals surface area contributed by atoms with Crippen LogP contribution in [0.1, 0.15) is 28.8 Å². The molecule has 1 unspecified atom stereocenters. The van der Waals surface area contributed by atoms with E-state index in [9.17, 15) is 14.4 Å². The zero-order chi connectivity index (χ0) is 26.5. The van der Waals surface area contributed by atoms with Crippen molar-refractivity contribution in [2.45, 2.75) is 37.6 Å². The van der Waals surface area contributed by atoms with Crippen LogP contribution in [-0.4, -0.2) is 63.7 Å². The molecule has 2 N–H and O–H groups in total. The Bertz CT molecular complexity index is 1370. The third-order valence-corrected chi connectivity index (χ3v) is 6.89. The standard InChI is InChI=1S/C27H26BrN5O5/c28-24-12-21(38-32-24)14-30-26(35)23-11-20(31-25(34)18-6-2-1-3-7-18)15-33(23)27(36)37-16-17-10-19-8-4-5-9-22(19)29-13-17/h1-10,13,20-21,23H,11-12,14-16H2,(H,30,35)(H,31,34)/t20-,21?,23+/m1/s1. The Morgan fingerprint density at radius 1 is 1.11 bits per heavy atom. The number of ether oxygens (including phenoxy) is 1. The van der Waals surface area contributed by atoms with Crippen molar-refractivity contribution < 1.29 is 24.0 Å². The molecule has 0 bridgehead atoms. The van der Waals surface area contributed by atoms with Crippen LogP contribution in [0.3, 0.4) is 0 Å². The number of pyridine rings is 1. The number of oxime groups is 1. The summed E-state index contributed by atoms with van der Waals surface area (Å²) in [5, 5.41) is 10.5. The summed E-state index contributed by atoms with van der Waals surface area (Å²) in [6.45, 7) is 0.379. The molecule has 3 heterocycles. The van der Waals surface area contributed by atoms with Gasteiger partial charge in [-0.15, -0.1) is 0 Å². The van der Waals surface area contributed by atoms with E-state index in [0.29, 0.717) is 16.6 Å². The van der Waals surface area contributed by atoms with E-state index in [-0.39, 0.29) is 44.0 Å². The van der Waals surface area contributed by atoms with Crippen LogP contribution in [0.25, 0.3) is 10.9 Å². The zero-order valence-electron chi connectivity index (χ0n) is 20.4. The van der Waals surface area contributed by atoms with E-state index < -0.39 is 18.2 Å². The molecule has 1 saturated heterocycles. The number of rotatable bonds is 7. The van der Waals surface area contributed by atoms with E-state index in [0.717, 1.165) is 16.5 Å². The van der Waals surface area contributed by atoms with E-state index in [4.69, 9.17) is 9.57 Å². The van der Waals surface area contributed by atoms with Gasteiger partial charge >= 0.3 is 6.09 Å². The summed E-state index contributed by atoms with van der Waals surface area (Å²) in [7, 11) is 0. The Morgan fingerprint density at radius 3 is 2.68 bits per heavy atom. The average Bonchev–Trinajstić information content (AvgIpc) is 3.56. The summed E-state index contributed by atoms with van der Waals surface area (Å²) >= 11 is 3.28. The first-order valence-corrected chi connectivity index (χ1v) is 13.0. The largest absolute Gasteiger partial charge is 0.444 e. The third kappa shape index (κ3) is 6.10. The number of hydrogen-bond acceptors (Lipinski definition) is 7. The van der Waals surface area contributed by atoms with Crippen molar-refractivity contribution in [1.82, 2.24) is 20.5 Å². The Morgan fingerprint density at radius 2 is 1.89 bits per heavy atom. The fourth-order valence-corrected chi connectivity index (χ4v) is 4.95. The molecule has 38 heavy (non-hydrogen) atoms. The number of para-hydroxylation sites is 1. The fourth-order valence-electron chi connectivity index (χ4n) is 4.51.